The zero-order valence-corrected chi connectivity index (χ0v) is 11.6. The zero-order valence-electron chi connectivity index (χ0n) is 10.7. The summed E-state index contributed by atoms with van der Waals surface area (Å²) in [4.78, 5) is 1.44. The summed E-state index contributed by atoms with van der Waals surface area (Å²) < 4.78 is 2.08. The normalized spacial score (nSPS) is 11.9. The largest absolute Gasteiger partial charge is 0.357 e. The lowest BCUT2D eigenvalue weighted by Crippen LogP contribution is -2.31. The van der Waals surface area contributed by atoms with Crippen LogP contribution in [0.3, 0.4) is 0 Å². The van der Waals surface area contributed by atoms with E-state index in [1.165, 1.54) is 10.4 Å². The molecule has 0 aliphatic rings. The van der Waals surface area contributed by atoms with Gasteiger partial charge in [0.05, 0.1) is 0 Å². The number of hydrogen-bond acceptors (Lipinski definition) is 2. The second-order valence-electron chi connectivity index (χ2n) is 5.15. The van der Waals surface area contributed by atoms with Crippen molar-refractivity contribution in [1.82, 2.24) is 9.88 Å². The van der Waals surface area contributed by atoms with Gasteiger partial charge in [0.15, 0.2) is 0 Å². The van der Waals surface area contributed by atoms with Crippen molar-refractivity contribution in [2.24, 2.45) is 7.05 Å². The van der Waals surface area contributed by atoms with Gasteiger partial charge in [0.1, 0.15) is 0 Å². The Labute approximate surface area is 107 Å². The van der Waals surface area contributed by atoms with E-state index >= 15 is 0 Å². The van der Waals surface area contributed by atoms with E-state index in [9.17, 15) is 0 Å². The number of hydrogen-bond donors (Lipinski definition) is 1. The van der Waals surface area contributed by atoms with Crippen LogP contribution in [0.4, 0.5) is 0 Å². The third-order valence-corrected chi connectivity index (χ3v) is 4.21. The smallest absolute Gasteiger partial charge is 0.0220 e. The topological polar surface area (TPSA) is 17.0 Å². The maximum absolute atomic E-state index is 3.54. The molecule has 0 unspecified atom stereocenters. The Morgan fingerprint density at radius 2 is 2.18 bits per heavy atom. The van der Waals surface area contributed by atoms with Gasteiger partial charge in [-0.15, -0.1) is 11.3 Å². The van der Waals surface area contributed by atoms with Gasteiger partial charge >= 0.3 is 0 Å². The maximum atomic E-state index is 3.54. The molecule has 92 valence electrons. The van der Waals surface area contributed by atoms with Gasteiger partial charge < -0.3 is 9.88 Å². The molecule has 1 N–H and O–H groups in total. The minimum Gasteiger partial charge on any atom is -0.357 e. The summed E-state index contributed by atoms with van der Waals surface area (Å²) >= 11 is 1.84. The molecule has 2 aromatic rings. The summed E-state index contributed by atoms with van der Waals surface area (Å²) in [6.45, 7) is 6.52. The number of rotatable bonds is 5. The Hall–Kier alpha value is -1.06. The lowest BCUT2D eigenvalue weighted by molar-refractivity contribution is 0.477. The molecule has 0 bridgehead atoms. The van der Waals surface area contributed by atoms with Crippen molar-refractivity contribution < 1.29 is 0 Å². The van der Waals surface area contributed by atoms with Crippen LogP contribution in [0.2, 0.25) is 0 Å². The minimum atomic E-state index is 0.211. The van der Waals surface area contributed by atoms with Crippen LogP contribution in [-0.4, -0.2) is 11.1 Å². The quantitative estimate of drug-likeness (QED) is 0.860. The molecule has 3 heteroatoms. The molecule has 2 heterocycles. The molecule has 2 nitrogen and oxygen atoms in total. The Balaban J connectivity index is 1.86. The van der Waals surface area contributed by atoms with E-state index in [1.807, 2.05) is 11.3 Å². The molecule has 0 aromatic carbocycles. The lowest BCUT2D eigenvalue weighted by atomic mass is 9.91. The molecule has 0 amide bonds. The molecule has 2 aromatic heterocycles. The first-order valence-corrected chi connectivity index (χ1v) is 6.81. The number of aromatic nitrogens is 1. The van der Waals surface area contributed by atoms with Crippen LogP contribution in [0, 0.1) is 0 Å². The molecule has 0 saturated carbocycles. The van der Waals surface area contributed by atoms with Crippen LogP contribution in [0.25, 0.3) is 0 Å². The fourth-order valence-electron chi connectivity index (χ4n) is 1.94. The predicted octanol–water partition coefficient (Wildman–Crippen LogP) is 3.15. The third-order valence-electron chi connectivity index (χ3n) is 2.98. The third kappa shape index (κ3) is 3.20. The van der Waals surface area contributed by atoms with E-state index in [1.54, 1.807) is 0 Å². The van der Waals surface area contributed by atoms with Crippen molar-refractivity contribution in [3.05, 3.63) is 46.4 Å². The molecular formula is C14H20N2S. The van der Waals surface area contributed by atoms with E-state index in [0.29, 0.717) is 0 Å². The molecule has 0 aliphatic carbocycles. The highest BCUT2D eigenvalue weighted by Crippen LogP contribution is 2.26. The minimum absolute atomic E-state index is 0.211. The van der Waals surface area contributed by atoms with E-state index in [4.69, 9.17) is 0 Å². The Bertz CT molecular complexity index is 454. The first-order valence-electron chi connectivity index (χ1n) is 5.93. The van der Waals surface area contributed by atoms with Crippen LogP contribution in [-0.2, 0) is 19.0 Å². The van der Waals surface area contributed by atoms with Gasteiger partial charge in [0.25, 0.3) is 0 Å². The summed E-state index contributed by atoms with van der Waals surface area (Å²) in [5.74, 6) is 0. The van der Waals surface area contributed by atoms with Crippen molar-refractivity contribution in [3.8, 4) is 0 Å². The molecule has 2 rings (SSSR count). The highest BCUT2D eigenvalue weighted by atomic mass is 32.1. The lowest BCUT2D eigenvalue weighted by Gasteiger charge is -2.23. The van der Waals surface area contributed by atoms with Crippen molar-refractivity contribution in [2.45, 2.75) is 25.8 Å². The summed E-state index contributed by atoms with van der Waals surface area (Å²) in [6, 6.07) is 6.50. The first-order chi connectivity index (χ1) is 8.08. The Morgan fingerprint density at radius 1 is 1.35 bits per heavy atom. The van der Waals surface area contributed by atoms with Gasteiger partial charge in [-0.1, -0.05) is 19.9 Å². The predicted molar refractivity (Wildman–Crippen MR) is 74.5 cm³/mol. The van der Waals surface area contributed by atoms with E-state index in [-0.39, 0.29) is 5.41 Å². The number of nitrogens with one attached hydrogen (secondary N) is 1. The SMILES string of the molecule is Cn1ccc(CNCC(C)(C)c2cccs2)c1. The molecule has 0 aliphatic heterocycles. The average Bonchev–Trinajstić information content (AvgIpc) is 2.89. The van der Waals surface area contributed by atoms with Crippen molar-refractivity contribution in [3.63, 3.8) is 0 Å². The van der Waals surface area contributed by atoms with Crippen LogP contribution in [0.1, 0.15) is 24.3 Å². The number of nitrogens with zero attached hydrogens (tertiary/aromatic N) is 1. The van der Waals surface area contributed by atoms with Gasteiger partial charge in [-0.3, -0.25) is 0 Å². The van der Waals surface area contributed by atoms with Gasteiger partial charge in [-0.05, 0) is 23.1 Å². The summed E-state index contributed by atoms with van der Waals surface area (Å²) in [5.41, 5.74) is 1.55. The van der Waals surface area contributed by atoms with Crippen LogP contribution >= 0.6 is 11.3 Å². The number of thiophene rings is 1. The maximum Gasteiger partial charge on any atom is 0.0220 e. The zero-order chi connectivity index (χ0) is 12.3. The Kier molecular flexibility index (Phi) is 3.69. The van der Waals surface area contributed by atoms with Crippen LogP contribution < -0.4 is 5.32 Å². The second kappa shape index (κ2) is 5.07. The molecule has 0 saturated heterocycles. The van der Waals surface area contributed by atoms with Crippen molar-refractivity contribution >= 4 is 11.3 Å². The molecule has 0 fully saturated rings. The molecule has 0 atom stereocenters. The molecule has 0 radical (unpaired) electrons. The van der Waals surface area contributed by atoms with Crippen molar-refractivity contribution in [2.75, 3.05) is 6.54 Å². The highest BCUT2D eigenvalue weighted by Gasteiger charge is 2.20. The summed E-state index contributed by atoms with van der Waals surface area (Å²) in [5, 5.41) is 5.68. The monoisotopic (exact) mass is 248 g/mol. The average molecular weight is 248 g/mol. The van der Waals surface area contributed by atoms with E-state index in [2.05, 4.69) is 66.8 Å². The summed E-state index contributed by atoms with van der Waals surface area (Å²) in [7, 11) is 2.05. The fraction of sp³-hybridized carbons (Fsp3) is 0.429. The van der Waals surface area contributed by atoms with Gasteiger partial charge in [-0.2, -0.15) is 0 Å². The van der Waals surface area contributed by atoms with Crippen LogP contribution in [0.5, 0.6) is 0 Å². The molecule has 0 spiro atoms. The molecule has 17 heavy (non-hydrogen) atoms. The highest BCUT2D eigenvalue weighted by molar-refractivity contribution is 7.10. The van der Waals surface area contributed by atoms with Gasteiger partial charge in [-0.25, -0.2) is 0 Å². The molecular weight excluding hydrogens is 228 g/mol. The van der Waals surface area contributed by atoms with E-state index in [0.717, 1.165) is 13.1 Å². The van der Waals surface area contributed by atoms with Crippen LogP contribution in [0.15, 0.2) is 36.0 Å². The number of aryl methyl sites for hydroxylation is 1. The first kappa shape index (κ1) is 12.4. The van der Waals surface area contributed by atoms with Gasteiger partial charge in [0, 0.05) is 42.8 Å². The van der Waals surface area contributed by atoms with Crippen molar-refractivity contribution in [1.29, 1.82) is 0 Å². The summed E-state index contributed by atoms with van der Waals surface area (Å²) in [6.07, 6.45) is 4.24. The van der Waals surface area contributed by atoms with E-state index < -0.39 is 0 Å². The fourth-order valence-corrected chi connectivity index (χ4v) is 2.79. The standard InChI is InChI=1S/C14H20N2S/c1-14(2,13-5-4-8-17-13)11-15-9-12-6-7-16(3)10-12/h4-8,10,15H,9,11H2,1-3H3. The second-order valence-corrected chi connectivity index (χ2v) is 6.10. The van der Waals surface area contributed by atoms with Gasteiger partial charge in [0.2, 0.25) is 0 Å². The Morgan fingerprint density at radius 3 is 2.76 bits per heavy atom.